The van der Waals surface area contributed by atoms with E-state index < -0.39 is 5.91 Å². The molecule has 0 fully saturated rings. The molecule has 2 rings (SSSR count). The van der Waals surface area contributed by atoms with Gasteiger partial charge in [0.2, 0.25) is 0 Å². The Hall–Kier alpha value is -3.31. The van der Waals surface area contributed by atoms with Crippen molar-refractivity contribution in [1.82, 2.24) is 0 Å². The fourth-order valence-corrected chi connectivity index (χ4v) is 2.08. The molecule has 0 saturated heterocycles. The van der Waals surface area contributed by atoms with Crippen molar-refractivity contribution in [2.45, 2.75) is 13.3 Å². The van der Waals surface area contributed by atoms with Crippen molar-refractivity contribution in [3.8, 4) is 12.1 Å². The molecular formula is C18H15N3O2. The Labute approximate surface area is 134 Å². The third-order valence-electron chi connectivity index (χ3n) is 3.16. The summed E-state index contributed by atoms with van der Waals surface area (Å²) in [7, 11) is 0. The largest absolute Gasteiger partial charge is 0.462 e. The molecule has 5 heteroatoms. The van der Waals surface area contributed by atoms with Crippen molar-refractivity contribution in [3.63, 3.8) is 0 Å². The minimum absolute atomic E-state index is 0.0406. The van der Waals surface area contributed by atoms with Crippen LogP contribution in [0.2, 0.25) is 0 Å². The second-order valence-corrected chi connectivity index (χ2v) is 4.82. The molecule has 1 heterocycles. The number of hydrogen-bond donors (Lipinski definition) is 0. The lowest BCUT2D eigenvalue weighted by molar-refractivity contribution is -0.114. The van der Waals surface area contributed by atoms with Crippen LogP contribution in [0.5, 0.6) is 0 Å². The number of carbonyl (C=O) groups excluding carboxylic acids is 1. The number of amides is 1. The van der Waals surface area contributed by atoms with E-state index >= 15 is 0 Å². The highest BCUT2D eigenvalue weighted by Gasteiger charge is 2.20. The molecule has 0 saturated carbocycles. The molecule has 1 amide bonds. The first-order valence-electron chi connectivity index (χ1n) is 7.08. The lowest BCUT2D eigenvalue weighted by Crippen LogP contribution is -2.32. The summed E-state index contributed by atoms with van der Waals surface area (Å²) in [5, 5.41) is 18.1. The van der Waals surface area contributed by atoms with Crippen LogP contribution in [0.15, 0.2) is 52.5 Å². The van der Waals surface area contributed by atoms with Gasteiger partial charge in [-0.05, 0) is 31.2 Å². The predicted octanol–water partition coefficient (Wildman–Crippen LogP) is 3.44. The molecule has 0 aliphatic heterocycles. The van der Waals surface area contributed by atoms with E-state index in [4.69, 9.17) is 9.68 Å². The summed E-state index contributed by atoms with van der Waals surface area (Å²) in [6.45, 7) is 2.00. The van der Waals surface area contributed by atoms with Gasteiger partial charge >= 0.3 is 0 Å². The molecule has 0 spiro atoms. The molecular weight excluding hydrogens is 290 g/mol. The average molecular weight is 305 g/mol. The fourth-order valence-electron chi connectivity index (χ4n) is 2.08. The molecule has 0 unspecified atom stereocenters. The zero-order valence-corrected chi connectivity index (χ0v) is 12.7. The second kappa shape index (κ2) is 7.63. The Balaban J connectivity index is 2.33. The first-order valence-corrected chi connectivity index (χ1v) is 7.08. The molecule has 0 radical (unpaired) electrons. The minimum Gasteiger partial charge on any atom is -0.462 e. The van der Waals surface area contributed by atoms with Crippen LogP contribution in [0.1, 0.15) is 17.9 Å². The Bertz CT molecular complexity index is 792. The predicted molar refractivity (Wildman–Crippen MR) is 86.1 cm³/mol. The van der Waals surface area contributed by atoms with Crippen molar-refractivity contribution < 1.29 is 9.21 Å². The van der Waals surface area contributed by atoms with Gasteiger partial charge in [-0.2, -0.15) is 10.5 Å². The van der Waals surface area contributed by atoms with E-state index in [1.54, 1.807) is 43.3 Å². The summed E-state index contributed by atoms with van der Waals surface area (Å²) in [4.78, 5) is 14.1. The second-order valence-electron chi connectivity index (χ2n) is 4.82. The number of anilines is 1. The quantitative estimate of drug-likeness (QED) is 0.626. The highest BCUT2D eigenvalue weighted by atomic mass is 16.3. The highest BCUT2D eigenvalue weighted by molar-refractivity contribution is 6.11. The maximum absolute atomic E-state index is 12.7. The Morgan fingerprint density at radius 2 is 1.96 bits per heavy atom. The summed E-state index contributed by atoms with van der Waals surface area (Å²) < 4.78 is 5.38. The molecule has 23 heavy (non-hydrogen) atoms. The maximum Gasteiger partial charge on any atom is 0.269 e. The van der Waals surface area contributed by atoms with Gasteiger partial charge in [-0.1, -0.05) is 18.2 Å². The summed E-state index contributed by atoms with van der Waals surface area (Å²) in [6.07, 6.45) is 1.59. The van der Waals surface area contributed by atoms with Crippen molar-refractivity contribution in [3.05, 3.63) is 59.6 Å². The number of rotatable bonds is 5. The monoisotopic (exact) mass is 305 g/mol. The van der Waals surface area contributed by atoms with Gasteiger partial charge in [-0.3, -0.25) is 4.79 Å². The highest BCUT2D eigenvalue weighted by Crippen LogP contribution is 2.18. The summed E-state index contributed by atoms with van der Waals surface area (Å²) >= 11 is 0. The van der Waals surface area contributed by atoms with E-state index in [9.17, 15) is 10.1 Å². The van der Waals surface area contributed by atoms with Gasteiger partial charge < -0.3 is 9.32 Å². The number of nitrogens with zero attached hydrogens (tertiary/aromatic N) is 3. The van der Waals surface area contributed by atoms with Crippen LogP contribution < -0.4 is 4.90 Å². The number of hydrogen-bond acceptors (Lipinski definition) is 4. The first kappa shape index (κ1) is 16.1. The molecule has 2 aromatic rings. The topological polar surface area (TPSA) is 81.0 Å². The molecule has 1 aromatic heterocycles. The molecule has 5 nitrogen and oxygen atoms in total. The fraction of sp³-hybridized carbons (Fsp3) is 0.167. The van der Waals surface area contributed by atoms with Crippen molar-refractivity contribution in [2.75, 3.05) is 11.4 Å². The summed E-state index contributed by atoms with van der Waals surface area (Å²) in [5.74, 6) is 0.689. The smallest absolute Gasteiger partial charge is 0.269 e. The standard InChI is InChI=1S/C18H15N3O2/c1-14-8-9-17(23-14)12-15(13-20)18(22)21(11-5-10-19)16-6-3-2-4-7-16/h2-4,6-9,12H,5,11H2,1H3/b15-12-. The Kier molecular flexibility index (Phi) is 5.33. The van der Waals surface area contributed by atoms with E-state index in [2.05, 4.69) is 0 Å². The van der Waals surface area contributed by atoms with Gasteiger partial charge in [0, 0.05) is 18.3 Å². The van der Waals surface area contributed by atoms with E-state index in [1.807, 2.05) is 18.2 Å². The molecule has 1 aromatic carbocycles. The third-order valence-corrected chi connectivity index (χ3v) is 3.16. The van der Waals surface area contributed by atoms with Gasteiger partial charge in [0.05, 0.1) is 12.5 Å². The van der Waals surface area contributed by atoms with Crippen LogP contribution in [-0.2, 0) is 4.79 Å². The van der Waals surface area contributed by atoms with Gasteiger partial charge in [0.15, 0.2) is 0 Å². The number of benzene rings is 1. The zero-order chi connectivity index (χ0) is 16.7. The molecule has 0 aliphatic rings. The van der Waals surface area contributed by atoms with Gasteiger partial charge in [-0.25, -0.2) is 0 Å². The van der Waals surface area contributed by atoms with Crippen LogP contribution >= 0.6 is 0 Å². The minimum atomic E-state index is -0.456. The Morgan fingerprint density at radius 1 is 1.22 bits per heavy atom. The third kappa shape index (κ3) is 4.09. The van der Waals surface area contributed by atoms with Crippen molar-refractivity contribution in [2.24, 2.45) is 0 Å². The molecule has 0 atom stereocenters. The van der Waals surface area contributed by atoms with Crippen LogP contribution in [0.4, 0.5) is 5.69 Å². The van der Waals surface area contributed by atoms with Crippen LogP contribution in [0, 0.1) is 29.6 Å². The van der Waals surface area contributed by atoms with Gasteiger partial charge in [0.25, 0.3) is 5.91 Å². The number of nitriles is 2. The summed E-state index contributed by atoms with van der Waals surface area (Å²) in [5.41, 5.74) is 0.602. The lowest BCUT2D eigenvalue weighted by atomic mass is 10.2. The maximum atomic E-state index is 12.7. The van der Waals surface area contributed by atoms with Crippen molar-refractivity contribution in [1.29, 1.82) is 10.5 Å². The number of carbonyl (C=O) groups is 1. The van der Waals surface area contributed by atoms with E-state index in [0.717, 1.165) is 0 Å². The SMILES string of the molecule is Cc1ccc(/C=C(/C#N)C(=O)N(CCC#N)c2ccccc2)o1. The van der Waals surface area contributed by atoms with Crippen LogP contribution in [0.3, 0.4) is 0 Å². The van der Waals surface area contributed by atoms with E-state index in [0.29, 0.717) is 17.2 Å². The number of para-hydroxylation sites is 1. The lowest BCUT2D eigenvalue weighted by Gasteiger charge is -2.21. The van der Waals surface area contributed by atoms with Crippen LogP contribution in [0.25, 0.3) is 6.08 Å². The molecule has 0 N–H and O–H groups in total. The Morgan fingerprint density at radius 3 is 2.52 bits per heavy atom. The molecule has 0 bridgehead atoms. The first-order chi connectivity index (χ1) is 11.2. The van der Waals surface area contributed by atoms with Gasteiger partial charge in [0.1, 0.15) is 23.2 Å². The molecule has 0 aliphatic carbocycles. The number of furan rings is 1. The average Bonchev–Trinajstić information content (AvgIpc) is 2.99. The van der Waals surface area contributed by atoms with Crippen molar-refractivity contribution >= 4 is 17.7 Å². The van der Waals surface area contributed by atoms with Crippen LogP contribution in [-0.4, -0.2) is 12.5 Å². The molecule has 114 valence electrons. The summed E-state index contributed by atoms with van der Waals surface area (Å²) in [6, 6.07) is 16.4. The normalized spacial score (nSPS) is 10.7. The van der Waals surface area contributed by atoms with E-state index in [1.165, 1.54) is 11.0 Å². The van der Waals surface area contributed by atoms with E-state index in [-0.39, 0.29) is 18.5 Å². The number of aryl methyl sites for hydroxylation is 1. The van der Waals surface area contributed by atoms with Gasteiger partial charge in [-0.15, -0.1) is 0 Å². The zero-order valence-electron chi connectivity index (χ0n) is 12.7.